The first kappa shape index (κ1) is 18.6. The molecule has 2 rings (SSSR count). The van der Waals surface area contributed by atoms with Gasteiger partial charge in [0, 0.05) is 33.4 Å². The van der Waals surface area contributed by atoms with Crippen molar-refractivity contribution in [3.63, 3.8) is 0 Å². The van der Waals surface area contributed by atoms with Crippen LogP contribution < -0.4 is 20.3 Å². The molecular weight excluding hydrogens is 316 g/mol. The number of rotatable bonds is 7. The van der Waals surface area contributed by atoms with E-state index in [9.17, 15) is 4.79 Å². The number of amides is 2. The molecule has 0 aliphatic carbocycles. The molecule has 0 saturated heterocycles. The number of hydrogen-bond donors (Lipinski definition) is 2. The quantitative estimate of drug-likeness (QED) is 0.812. The van der Waals surface area contributed by atoms with Gasteiger partial charge in [0.25, 0.3) is 0 Å². The molecule has 0 aliphatic heterocycles. The largest absolute Gasteiger partial charge is 0.491 e. The summed E-state index contributed by atoms with van der Waals surface area (Å²) in [6.45, 7) is 4.87. The summed E-state index contributed by atoms with van der Waals surface area (Å²) in [5, 5.41) is 5.71. The molecular formula is C19H26N4O2. The Morgan fingerprint density at radius 3 is 2.44 bits per heavy atom. The fourth-order valence-corrected chi connectivity index (χ4v) is 2.24. The van der Waals surface area contributed by atoms with Gasteiger partial charge < -0.3 is 20.3 Å². The first-order valence-corrected chi connectivity index (χ1v) is 8.33. The lowest BCUT2D eigenvalue weighted by Crippen LogP contribution is -2.34. The van der Waals surface area contributed by atoms with E-state index in [4.69, 9.17) is 4.74 Å². The van der Waals surface area contributed by atoms with Gasteiger partial charge in [-0.1, -0.05) is 12.1 Å². The van der Waals surface area contributed by atoms with E-state index in [0.717, 1.165) is 22.7 Å². The normalized spacial score (nSPS) is 10.4. The zero-order valence-corrected chi connectivity index (χ0v) is 15.2. The number of urea groups is 1. The Labute approximate surface area is 149 Å². The highest BCUT2D eigenvalue weighted by Crippen LogP contribution is 2.14. The molecule has 0 radical (unpaired) electrons. The molecule has 2 aromatic rings. The Hall–Kier alpha value is -2.76. The molecule has 0 spiro atoms. The van der Waals surface area contributed by atoms with E-state index in [1.54, 1.807) is 6.20 Å². The number of carbonyl (C=O) groups excluding carboxylic acids is 1. The number of hydrogen-bond acceptors (Lipinski definition) is 4. The standard InChI is InChI=1S/C19H26N4O2/c1-14(2)25-17-7-5-6-15(10-17)12-21-19(24)22-13-16-8-9-20-18(11-16)23(3)4/h5-11,14H,12-13H2,1-4H3,(H2,21,22,24). The van der Waals surface area contributed by atoms with Crippen molar-refractivity contribution in [2.75, 3.05) is 19.0 Å². The summed E-state index contributed by atoms with van der Waals surface area (Å²) >= 11 is 0. The molecule has 0 fully saturated rings. The van der Waals surface area contributed by atoms with Gasteiger partial charge >= 0.3 is 6.03 Å². The molecule has 1 aromatic heterocycles. The van der Waals surface area contributed by atoms with Crippen molar-refractivity contribution < 1.29 is 9.53 Å². The SMILES string of the molecule is CC(C)Oc1cccc(CNC(=O)NCc2ccnc(N(C)C)c2)c1. The second-order valence-electron chi connectivity index (χ2n) is 6.27. The van der Waals surface area contributed by atoms with Crippen LogP contribution in [0.3, 0.4) is 0 Å². The Kier molecular flexibility index (Phi) is 6.62. The van der Waals surface area contributed by atoms with Crippen LogP contribution in [0.2, 0.25) is 0 Å². The van der Waals surface area contributed by atoms with Crippen molar-refractivity contribution in [1.29, 1.82) is 0 Å². The van der Waals surface area contributed by atoms with Gasteiger partial charge in [-0.2, -0.15) is 0 Å². The molecule has 2 amide bonds. The summed E-state index contributed by atoms with van der Waals surface area (Å²) in [6, 6.07) is 11.4. The van der Waals surface area contributed by atoms with Gasteiger partial charge in [-0.25, -0.2) is 9.78 Å². The van der Waals surface area contributed by atoms with Gasteiger partial charge in [-0.05, 0) is 49.2 Å². The van der Waals surface area contributed by atoms with Crippen LogP contribution in [0.25, 0.3) is 0 Å². The van der Waals surface area contributed by atoms with Crippen LogP contribution >= 0.6 is 0 Å². The van der Waals surface area contributed by atoms with E-state index in [0.29, 0.717) is 13.1 Å². The number of benzene rings is 1. The van der Waals surface area contributed by atoms with Crippen molar-refractivity contribution in [2.24, 2.45) is 0 Å². The number of aromatic nitrogens is 1. The maximum Gasteiger partial charge on any atom is 0.315 e. The molecule has 1 heterocycles. The van der Waals surface area contributed by atoms with E-state index in [1.165, 1.54) is 0 Å². The van der Waals surface area contributed by atoms with Crippen LogP contribution in [0, 0.1) is 0 Å². The maximum absolute atomic E-state index is 12.0. The molecule has 0 unspecified atom stereocenters. The van der Waals surface area contributed by atoms with Crippen molar-refractivity contribution in [3.05, 3.63) is 53.7 Å². The summed E-state index contributed by atoms with van der Waals surface area (Å²) < 4.78 is 5.66. The van der Waals surface area contributed by atoms with Crippen molar-refractivity contribution in [1.82, 2.24) is 15.6 Å². The van der Waals surface area contributed by atoms with Gasteiger partial charge in [-0.15, -0.1) is 0 Å². The lowest BCUT2D eigenvalue weighted by molar-refractivity contribution is 0.239. The number of anilines is 1. The van der Waals surface area contributed by atoms with Gasteiger partial charge in [0.1, 0.15) is 11.6 Å². The van der Waals surface area contributed by atoms with Crippen molar-refractivity contribution in [2.45, 2.75) is 33.0 Å². The Morgan fingerprint density at radius 2 is 1.80 bits per heavy atom. The molecule has 0 atom stereocenters. The van der Waals surface area contributed by atoms with Crippen molar-refractivity contribution >= 4 is 11.8 Å². The summed E-state index contributed by atoms with van der Waals surface area (Å²) in [4.78, 5) is 18.2. The lowest BCUT2D eigenvalue weighted by Gasteiger charge is -2.13. The number of nitrogens with zero attached hydrogens (tertiary/aromatic N) is 2. The number of ether oxygens (including phenoxy) is 1. The third-order valence-corrected chi connectivity index (χ3v) is 3.44. The zero-order chi connectivity index (χ0) is 18.2. The summed E-state index contributed by atoms with van der Waals surface area (Å²) in [5.41, 5.74) is 1.99. The summed E-state index contributed by atoms with van der Waals surface area (Å²) in [6.07, 6.45) is 1.86. The third kappa shape index (κ3) is 6.33. The molecule has 25 heavy (non-hydrogen) atoms. The number of nitrogens with one attached hydrogen (secondary N) is 2. The van der Waals surface area contributed by atoms with E-state index >= 15 is 0 Å². The maximum atomic E-state index is 12.0. The molecule has 0 aliphatic rings. The fraction of sp³-hybridized carbons (Fsp3) is 0.368. The van der Waals surface area contributed by atoms with Gasteiger partial charge in [0.05, 0.1) is 6.10 Å². The lowest BCUT2D eigenvalue weighted by atomic mass is 10.2. The van der Waals surface area contributed by atoms with E-state index < -0.39 is 0 Å². The van der Waals surface area contributed by atoms with Gasteiger partial charge in [0.2, 0.25) is 0 Å². The summed E-state index contributed by atoms with van der Waals surface area (Å²) in [7, 11) is 3.87. The molecule has 134 valence electrons. The van der Waals surface area contributed by atoms with Crippen LogP contribution in [-0.4, -0.2) is 31.2 Å². The van der Waals surface area contributed by atoms with Gasteiger partial charge in [-0.3, -0.25) is 0 Å². The fourth-order valence-electron chi connectivity index (χ4n) is 2.24. The van der Waals surface area contributed by atoms with Gasteiger partial charge in [0.15, 0.2) is 0 Å². The van der Waals surface area contributed by atoms with Crippen LogP contribution in [-0.2, 0) is 13.1 Å². The summed E-state index contributed by atoms with van der Waals surface area (Å²) in [5.74, 6) is 1.67. The van der Waals surface area contributed by atoms with E-state index in [1.807, 2.05) is 69.2 Å². The van der Waals surface area contributed by atoms with E-state index in [2.05, 4.69) is 15.6 Å². The Bertz CT molecular complexity index is 701. The predicted molar refractivity (Wildman–Crippen MR) is 99.8 cm³/mol. The minimum atomic E-state index is -0.210. The minimum absolute atomic E-state index is 0.124. The first-order valence-electron chi connectivity index (χ1n) is 8.33. The first-order chi connectivity index (χ1) is 11.9. The monoisotopic (exact) mass is 342 g/mol. The van der Waals surface area contributed by atoms with Crippen LogP contribution in [0.5, 0.6) is 5.75 Å². The Morgan fingerprint density at radius 1 is 1.12 bits per heavy atom. The molecule has 2 N–H and O–H groups in total. The highest BCUT2D eigenvalue weighted by molar-refractivity contribution is 5.73. The minimum Gasteiger partial charge on any atom is -0.491 e. The molecule has 1 aromatic carbocycles. The second-order valence-corrected chi connectivity index (χ2v) is 6.27. The highest BCUT2D eigenvalue weighted by Gasteiger charge is 2.04. The smallest absolute Gasteiger partial charge is 0.315 e. The average Bonchev–Trinajstić information content (AvgIpc) is 2.58. The van der Waals surface area contributed by atoms with Crippen LogP contribution in [0.15, 0.2) is 42.6 Å². The number of carbonyl (C=O) groups is 1. The van der Waals surface area contributed by atoms with Crippen LogP contribution in [0.4, 0.5) is 10.6 Å². The molecule has 0 bridgehead atoms. The zero-order valence-electron chi connectivity index (χ0n) is 15.2. The second kappa shape index (κ2) is 8.92. The van der Waals surface area contributed by atoms with Crippen LogP contribution in [0.1, 0.15) is 25.0 Å². The Balaban J connectivity index is 1.82. The molecule has 0 saturated carbocycles. The molecule has 6 nitrogen and oxygen atoms in total. The highest BCUT2D eigenvalue weighted by atomic mass is 16.5. The van der Waals surface area contributed by atoms with Crippen molar-refractivity contribution in [3.8, 4) is 5.75 Å². The van der Waals surface area contributed by atoms with E-state index in [-0.39, 0.29) is 12.1 Å². The predicted octanol–water partition coefficient (Wildman–Crippen LogP) is 2.93. The number of pyridine rings is 1. The third-order valence-electron chi connectivity index (χ3n) is 3.44. The topological polar surface area (TPSA) is 66.5 Å². The average molecular weight is 342 g/mol. The molecule has 6 heteroatoms.